The molecular formula is C18H18N6O. The second-order valence-corrected chi connectivity index (χ2v) is 5.81. The van der Waals surface area contributed by atoms with Gasteiger partial charge in [0.05, 0.1) is 6.07 Å². The molecule has 1 heterocycles. The Morgan fingerprint density at radius 3 is 2.72 bits per heavy atom. The van der Waals surface area contributed by atoms with Gasteiger partial charge in [0, 0.05) is 11.6 Å². The van der Waals surface area contributed by atoms with Crippen molar-refractivity contribution in [2.24, 2.45) is 5.92 Å². The van der Waals surface area contributed by atoms with Crippen LogP contribution in [-0.2, 0) is 4.79 Å². The molecule has 0 bridgehead atoms. The molecule has 0 spiro atoms. The van der Waals surface area contributed by atoms with Crippen LogP contribution in [-0.4, -0.2) is 20.7 Å². The van der Waals surface area contributed by atoms with Crippen molar-refractivity contribution in [3.8, 4) is 6.07 Å². The van der Waals surface area contributed by atoms with Crippen molar-refractivity contribution in [3.05, 3.63) is 48.3 Å². The number of nitriles is 1. The number of anilines is 3. The van der Waals surface area contributed by atoms with Crippen LogP contribution < -0.4 is 11.1 Å². The number of benzene rings is 1. The number of allylic oxidation sites excluding steroid dienone is 2. The van der Waals surface area contributed by atoms with Crippen molar-refractivity contribution in [2.45, 2.75) is 25.2 Å². The Labute approximate surface area is 145 Å². The van der Waals surface area contributed by atoms with Crippen molar-refractivity contribution in [1.29, 1.82) is 5.26 Å². The van der Waals surface area contributed by atoms with E-state index in [1.165, 1.54) is 0 Å². The summed E-state index contributed by atoms with van der Waals surface area (Å²) in [5, 5.41) is 12.5. The number of nitrogens with two attached hydrogens (primary N) is 1. The normalized spacial score (nSPS) is 17.5. The number of hydrogen-bond acceptors (Lipinski definition) is 7. The fourth-order valence-corrected chi connectivity index (χ4v) is 2.78. The number of hydrogen-bond donors (Lipinski definition) is 2. The van der Waals surface area contributed by atoms with Gasteiger partial charge in [0.2, 0.25) is 11.9 Å². The minimum atomic E-state index is -1.04. The highest BCUT2D eigenvalue weighted by Crippen LogP contribution is 2.26. The number of aromatic nitrogens is 3. The zero-order chi connectivity index (χ0) is 17.6. The number of nitrogen functional groups attached to an aromatic ring is 1. The number of ketones is 1. The SMILES string of the molecule is N#C[C@@H](C(=O)[C@@H]1CC=CCC1)c1nc(N)nc(Nc2ccccc2)n1. The number of carbonyl (C=O) groups is 1. The van der Waals surface area contributed by atoms with Gasteiger partial charge >= 0.3 is 0 Å². The fraction of sp³-hybridized carbons (Fsp3) is 0.278. The van der Waals surface area contributed by atoms with E-state index in [0.717, 1.165) is 18.5 Å². The molecular weight excluding hydrogens is 316 g/mol. The van der Waals surface area contributed by atoms with Crippen LogP contribution in [0.2, 0.25) is 0 Å². The van der Waals surface area contributed by atoms with Crippen molar-refractivity contribution in [3.63, 3.8) is 0 Å². The van der Waals surface area contributed by atoms with Crippen molar-refractivity contribution in [1.82, 2.24) is 15.0 Å². The Hall–Kier alpha value is -3.27. The van der Waals surface area contributed by atoms with Crippen LogP contribution in [0.15, 0.2) is 42.5 Å². The first-order valence-corrected chi connectivity index (χ1v) is 8.09. The van der Waals surface area contributed by atoms with Gasteiger partial charge in [-0.3, -0.25) is 4.79 Å². The van der Waals surface area contributed by atoms with Crippen LogP contribution in [0.5, 0.6) is 0 Å². The van der Waals surface area contributed by atoms with E-state index in [0.29, 0.717) is 6.42 Å². The molecule has 0 amide bonds. The van der Waals surface area contributed by atoms with Gasteiger partial charge in [-0.2, -0.15) is 20.2 Å². The number of rotatable bonds is 5. The van der Waals surface area contributed by atoms with E-state index in [1.807, 2.05) is 48.6 Å². The van der Waals surface area contributed by atoms with Crippen LogP contribution in [0.3, 0.4) is 0 Å². The highest BCUT2D eigenvalue weighted by molar-refractivity contribution is 5.90. The summed E-state index contributed by atoms with van der Waals surface area (Å²) in [4.78, 5) is 25.0. The van der Waals surface area contributed by atoms with Gasteiger partial charge in [-0.15, -0.1) is 0 Å². The molecule has 0 saturated heterocycles. The predicted molar refractivity (Wildman–Crippen MR) is 93.8 cm³/mol. The van der Waals surface area contributed by atoms with E-state index in [9.17, 15) is 10.1 Å². The molecule has 1 aromatic carbocycles. The minimum Gasteiger partial charge on any atom is -0.368 e. The number of nitrogens with zero attached hydrogens (tertiary/aromatic N) is 4. The molecule has 2 atom stereocenters. The molecule has 0 saturated carbocycles. The van der Waals surface area contributed by atoms with Gasteiger partial charge in [0.15, 0.2) is 17.5 Å². The quantitative estimate of drug-likeness (QED) is 0.807. The van der Waals surface area contributed by atoms with E-state index < -0.39 is 5.92 Å². The second-order valence-electron chi connectivity index (χ2n) is 5.81. The molecule has 7 heteroatoms. The van der Waals surface area contributed by atoms with E-state index in [4.69, 9.17) is 5.73 Å². The Morgan fingerprint density at radius 1 is 1.24 bits per heavy atom. The maximum Gasteiger partial charge on any atom is 0.232 e. The number of carbonyl (C=O) groups excluding carboxylic acids is 1. The third-order valence-electron chi connectivity index (χ3n) is 4.04. The van der Waals surface area contributed by atoms with Crippen LogP contribution in [0.25, 0.3) is 0 Å². The van der Waals surface area contributed by atoms with E-state index >= 15 is 0 Å². The molecule has 0 unspecified atom stereocenters. The minimum absolute atomic E-state index is 0.0278. The summed E-state index contributed by atoms with van der Waals surface area (Å²) in [6.07, 6.45) is 6.25. The van der Waals surface area contributed by atoms with E-state index in [2.05, 4.69) is 20.3 Å². The zero-order valence-electron chi connectivity index (χ0n) is 13.6. The summed E-state index contributed by atoms with van der Waals surface area (Å²) in [5.41, 5.74) is 6.52. The number of para-hydroxylation sites is 1. The summed E-state index contributed by atoms with van der Waals surface area (Å²) in [6.45, 7) is 0. The molecule has 3 rings (SSSR count). The lowest BCUT2D eigenvalue weighted by atomic mass is 9.84. The molecule has 0 fully saturated rings. The highest BCUT2D eigenvalue weighted by atomic mass is 16.1. The lowest BCUT2D eigenvalue weighted by Gasteiger charge is -2.18. The first-order chi connectivity index (χ1) is 12.2. The molecule has 25 heavy (non-hydrogen) atoms. The summed E-state index contributed by atoms with van der Waals surface area (Å²) < 4.78 is 0. The Morgan fingerprint density at radius 2 is 2.04 bits per heavy atom. The number of nitrogens with one attached hydrogen (secondary N) is 1. The molecule has 1 aromatic heterocycles. The average Bonchev–Trinajstić information content (AvgIpc) is 2.63. The van der Waals surface area contributed by atoms with Crippen LogP contribution >= 0.6 is 0 Å². The van der Waals surface area contributed by atoms with Gasteiger partial charge in [0.25, 0.3) is 0 Å². The smallest absolute Gasteiger partial charge is 0.232 e. The van der Waals surface area contributed by atoms with Crippen molar-refractivity contribution in [2.75, 3.05) is 11.1 Å². The standard InChI is InChI=1S/C18H18N6O/c19-11-14(15(25)12-7-3-1-4-8-12)16-22-17(20)24-18(23-16)21-13-9-5-2-6-10-13/h1-3,5-6,9-10,12,14H,4,7-8H2,(H3,20,21,22,23,24)/t12-,14+/m1/s1. The summed E-state index contributed by atoms with van der Waals surface area (Å²) in [5.74, 6) is -1.11. The van der Waals surface area contributed by atoms with Gasteiger partial charge in [-0.25, -0.2) is 0 Å². The molecule has 1 aliphatic carbocycles. The lowest BCUT2D eigenvalue weighted by Crippen LogP contribution is -2.24. The Kier molecular flexibility index (Phi) is 5.00. The molecule has 1 aliphatic rings. The topological polar surface area (TPSA) is 118 Å². The molecule has 0 radical (unpaired) electrons. The highest BCUT2D eigenvalue weighted by Gasteiger charge is 2.31. The van der Waals surface area contributed by atoms with E-state index in [1.54, 1.807) is 0 Å². The monoisotopic (exact) mass is 334 g/mol. The van der Waals surface area contributed by atoms with Crippen molar-refractivity contribution >= 4 is 23.4 Å². The van der Waals surface area contributed by atoms with Crippen LogP contribution in [0, 0.1) is 17.2 Å². The van der Waals surface area contributed by atoms with Gasteiger partial charge in [-0.1, -0.05) is 30.4 Å². The molecule has 0 aliphatic heterocycles. The maximum absolute atomic E-state index is 12.7. The fourth-order valence-electron chi connectivity index (χ4n) is 2.78. The van der Waals surface area contributed by atoms with Gasteiger partial charge < -0.3 is 11.1 Å². The number of Topliss-reactive ketones (excluding diaryl/α,β-unsaturated/α-hetero) is 1. The Bertz CT molecular complexity index is 827. The molecule has 7 nitrogen and oxygen atoms in total. The predicted octanol–water partition coefficient (Wildman–Crippen LogP) is 2.73. The first kappa shape index (κ1) is 16.6. The summed E-state index contributed by atoms with van der Waals surface area (Å²) in [6, 6.07) is 11.3. The second kappa shape index (κ2) is 7.53. The third-order valence-corrected chi connectivity index (χ3v) is 4.04. The van der Waals surface area contributed by atoms with Crippen LogP contribution in [0.1, 0.15) is 31.0 Å². The summed E-state index contributed by atoms with van der Waals surface area (Å²) >= 11 is 0. The van der Waals surface area contributed by atoms with E-state index in [-0.39, 0.29) is 29.4 Å². The van der Waals surface area contributed by atoms with Gasteiger partial charge in [-0.05, 0) is 31.4 Å². The average molecular weight is 334 g/mol. The molecule has 2 aromatic rings. The summed E-state index contributed by atoms with van der Waals surface area (Å²) in [7, 11) is 0. The Balaban J connectivity index is 1.86. The maximum atomic E-state index is 12.7. The largest absolute Gasteiger partial charge is 0.368 e. The molecule has 3 N–H and O–H groups in total. The first-order valence-electron chi connectivity index (χ1n) is 8.09. The molecule has 126 valence electrons. The lowest BCUT2D eigenvalue weighted by molar-refractivity contribution is -0.123. The zero-order valence-corrected chi connectivity index (χ0v) is 13.6. The van der Waals surface area contributed by atoms with Gasteiger partial charge in [0.1, 0.15) is 0 Å². The van der Waals surface area contributed by atoms with Crippen molar-refractivity contribution < 1.29 is 4.79 Å². The third kappa shape index (κ3) is 3.98. The van der Waals surface area contributed by atoms with Crippen LogP contribution in [0.4, 0.5) is 17.6 Å².